The normalized spacial score (nSPS) is 11.7. The van der Waals surface area contributed by atoms with Gasteiger partial charge in [0.05, 0.1) is 16.6 Å². The summed E-state index contributed by atoms with van der Waals surface area (Å²) in [6.07, 6.45) is 3.12. The van der Waals surface area contributed by atoms with Gasteiger partial charge in [-0.05, 0) is 31.7 Å². The second kappa shape index (κ2) is 8.76. The first-order chi connectivity index (χ1) is 10.5. The summed E-state index contributed by atoms with van der Waals surface area (Å²) in [6.45, 7) is 1.92. The molecule has 0 amide bonds. The molecule has 0 heterocycles. The van der Waals surface area contributed by atoms with Crippen molar-refractivity contribution < 1.29 is 24.4 Å². The van der Waals surface area contributed by atoms with E-state index in [1.807, 2.05) is 6.92 Å². The van der Waals surface area contributed by atoms with Gasteiger partial charge in [0.1, 0.15) is 5.75 Å². The van der Waals surface area contributed by atoms with Crippen molar-refractivity contribution in [2.24, 2.45) is 0 Å². The molecular weight excluding hydrogens is 290 g/mol. The fourth-order valence-electron chi connectivity index (χ4n) is 2.02. The zero-order valence-electron chi connectivity index (χ0n) is 12.4. The van der Waals surface area contributed by atoms with Crippen LogP contribution in [0.4, 0.5) is 5.69 Å². The number of carboxylic acid groups (broad SMARTS) is 1. The van der Waals surface area contributed by atoms with Gasteiger partial charge in [0.2, 0.25) is 0 Å². The standard InChI is InChI=1S/C15H19NO6/c1-2-13(5-3-4-6-15(18)19)22-14-8-7-12(16(20)21)9-11(14)10-17/h7-10,13H,2-6H2,1H3,(H,18,19). The summed E-state index contributed by atoms with van der Waals surface area (Å²) in [6, 6.07) is 3.89. The van der Waals surface area contributed by atoms with Crippen molar-refractivity contribution in [3.8, 4) is 5.75 Å². The number of carboxylic acids is 1. The number of hydrogen-bond donors (Lipinski definition) is 1. The fourth-order valence-corrected chi connectivity index (χ4v) is 2.02. The smallest absolute Gasteiger partial charge is 0.303 e. The number of benzene rings is 1. The van der Waals surface area contributed by atoms with Crippen LogP contribution in [0.5, 0.6) is 5.75 Å². The molecule has 0 aliphatic rings. The molecule has 0 radical (unpaired) electrons. The Morgan fingerprint density at radius 1 is 1.45 bits per heavy atom. The first-order valence-electron chi connectivity index (χ1n) is 7.10. The van der Waals surface area contributed by atoms with E-state index < -0.39 is 10.9 Å². The number of nitro benzene ring substituents is 1. The van der Waals surface area contributed by atoms with Crippen LogP contribution in [0.3, 0.4) is 0 Å². The van der Waals surface area contributed by atoms with Gasteiger partial charge in [-0.25, -0.2) is 0 Å². The van der Waals surface area contributed by atoms with Crippen LogP contribution in [-0.2, 0) is 4.79 Å². The molecule has 22 heavy (non-hydrogen) atoms. The summed E-state index contributed by atoms with van der Waals surface area (Å²) in [4.78, 5) is 31.6. The van der Waals surface area contributed by atoms with Gasteiger partial charge in [0.15, 0.2) is 6.29 Å². The monoisotopic (exact) mass is 309 g/mol. The largest absolute Gasteiger partial charge is 0.490 e. The Balaban J connectivity index is 2.68. The molecule has 0 aliphatic heterocycles. The van der Waals surface area contributed by atoms with Crippen molar-refractivity contribution >= 4 is 17.9 Å². The maximum Gasteiger partial charge on any atom is 0.303 e. The van der Waals surface area contributed by atoms with Crippen molar-refractivity contribution in [1.29, 1.82) is 0 Å². The molecule has 1 unspecified atom stereocenters. The minimum atomic E-state index is -0.826. The Morgan fingerprint density at radius 2 is 2.18 bits per heavy atom. The Morgan fingerprint density at radius 3 is 2.73 bits per heavy atom. The summed E-state index contributed by atoms with van der Waals surface area (Å²) in [5, 5.41) is 19.3. The van der Waals surface area contributed by atoms with E-state index in [0.29, 0.717) is 37.7 Å². The molecule has 1 aromatic carbocycles. The summed E-state index contributed by atoms with van der Waals surface area (Å²) in [7, 11) is 0. The van der Waals surface area contributed by atoms with Crippen LogP contribution in [0.15, 0.2) is 18.2 Å². The van der Waals surface area contributed by atoms with Crippen molar-refractivity contribution in [3.05, 3.63) is 33.9 Å². The van der Waals surface area contributed by atoms with E-state index in [-0.39, 0.29) is 23.8 Å². The molecule has 1 aromatic rings. The molecule has 0 fully saturated rings. The molecule has 0 aliphatic carbocycles. The Kier molecular flexibility index (Phi) is 7.01. The average molecular weight is 309 g/mol. The molecular formula is C15H19NO6. The summed E-state index contributed by atoms with van der Waals surface area (Å²) in [5.74, 6) is -0.515. The predicted octanol–water partition coefficient (Wildman–Crippen LogP) is 3.21. The molecule has 0 spiro atoms. The number of carbonyl (C=O) groups excluding carboxylic acids is 1. The molecule has 120 valence electrons. The maximum atomic E-state index is 11.0. The minimum Gasteiger partial charge on any atom is -0.490 e. The third-order valence-corrected chi connectivity index (χ3v) is 3.25. The first kappa shape index (κ1) is 17.6. The van der Waals surface area contributed by atoms with Gasteiger partial charge in [-0.3, -0.25) is 19.7 Å². The van der Waals surface area contributed by atoms with Gasteiger partial charge >= 0.3 is 5.97 Å². The highest BCUT2D eigenvalue weighted by atomic mass is 16.6. The summed E-state index contributed by atoms with van der Waals surface area (Å²) >= 11 is 0. The van der Waals surface area contributed by atoms with E-state index in [1.54, 1.807) is 0 Å². The van der Waals surface area contributed by atoms with E-state index >= 15 is 0 Å². The third kappa shape index (κ3) is 5.51. The fraction of sp³-hybridized carbons (Fsp3) is 0.467. The number of nitrogens with zero attached hydrogens (tertiary/aromatic N) is 1. The van der Waals surface area contributed by atoms with E-state index in [1.165, 1.54) is 18.2 Å². The van der Waals surface area contributed by atoms with Gasteiger partial charge < -0.3 is 9.84 Å². The highest BCUT2D eigenvalue weighted by Crippen LogP contribution is 2.25. The van der Waals surface area contributed by atoms with E-state index in [2.05, 4.69) is 0 Å². The topological polar surface area (TPSA) is 107 Å². The van der Waals surface area contributed by atoms with Gasteiger partial charge in [-0.15, -0.1) is 0 Å². The van der Waals surface area contributed by atoms with Crippen molar-refractivity contribution in [3.63, 3.8) is 0 Å². The second-order valence-corrected chi connectivity index (χ2v) is 4.88. The maximum absolute atomic E-state index is 11.0. The van der Waals surface area contributed by atoms with Gasteiger partial charge in [-0.2, -0.15) is 0 Å². The Hall–Kier alpha value is -2.44. The van der Waals surface area contributed by atoms with Crippen LogP contribution >= 0.6 is 0 Å². The van der Waals surface area contributed by atoms with Gasteiger partial charge in [0, 0.05) is 18.6 Å². The lowest BCUT2D eigenvalue weighted by atomic mass is 10.1. The molecule has 7 heteroatoms. The van der Waals surface area contributed by atoms with Gasteiger partial charge in [0.25, 0.3) is 5.69 Å². The van der Waals surface area contributed by atoms with Crippen molar-refractivity contribution in [2.75, 3.05) is 0 Å². The van der Waals surface area contributed by atoms with Crippen molar-refractivity contribution in [1.82, 2.24) is 0 Å². The first-order valence-corrected chi connectivity index (χ1v) is 7.10. The van der Waals surface area contributed by atoms with Crippen LogP contribution < -0.4 is 4.74 Å². The average Bonchev–Trinajstić information content (AvgIpc) is 2.49. The Bertz CT molecular complexity index is 543. The molecule has 0 aromatic heterocycles. The SMILES string of the molecule is CCC(CCCCC(=O)O)Oc1ccc([N+](=O)[O-])cc1C=O. The number of rotatable bonds is 10. The summed E-state index contributed by atoms with van der Waals surface area (Å²) < 4.78 is 5.73. The molecule has 1 atom stereocenters. The lowest BCUT2D eigenvalue weighted by Gasteiger charge is -2.18. The Labute approximate surface area is 128 Å². The molecule has 0 saturated carbocycles. The second-order valence-electron chi connectivity index (χ2n) is 4.88. The van der Waals surface area contributed by atoms with Crippen LogP contribution in [0.25, 0.3) is 0 Å². The lowest BCUT2D eigenvalue weighted by molar-refractivity contribution is -0.384. The van der Waals surface area contributed by atoms with Crippen molar-refractivity contribution in [2.45, 2.75) is 45.1 Å². The molecule has 0 bridgehead atoms. The number of aldehydes is 1. The van der Waals surface area contributed by atoms with Crippen LogP contribution in [0.1, 0.15) is 49.4 Å². The zero-order valence-corrected chi connectivity index (χ0v) is 12.4. The number of unbranched alkanes of at least 4 members (excludes halogenated alkanes) is 1. The third-order valence-electron chi connectivity index (χ3n) is 3.25. The van der Waals surface area contributed by atoms with Crippen LogP contribution in [0.2, 0.25) is 0 Å². The number of hydrogen-bond acceptors (Lipinski definition) is 5. The number of ether oxygens (including phenoxy) is 1. The summed E-state index contributed by atoms with van der Waals surface area (Å²) in [5.41, 5.74) is -0.0258. The van der Waals surface area contributed by atoms with Crippen LogP contribution in [0, 0.1) is 10.1 Å². The molecule has 0 saturated heterocycles. The molecule has 1 rings (SSSR count). The number of nitro groups is 1. The zero-order chi connectivity index (χ0) is 16.5. The molecule has 7 nitrogen and oxygen atoms in total. The number of non-ortho nitro benzene ring substituents is 1. The highest BCUT2D eigenvalue weighted by molar-refractivity contribution is 5.80. The van der Waals surface area contributed by atoms with E-state index in [0.717, 1.165) is 0 Å². The predicted molar refractivity (Wildman–Crippen MR) is 79.3 cm³/mol. The van der Waals surface area contributed by atoms with Gasteiger partial charge in [-0.1, -0.05) is 6.92 Å². The van der Waals surface area contributed by atoms with E-state index in [9.17, 15) is 19.7 Å². The highest BCUT2D eigenvalue weighted by Gasteiger charge is 2.15. The number of aliphatic carboxylic acids is 1. The molecule has 1 N–H and O–H groups in total. The lowest BCUT2D eigenvalue weighted by Crippen LogP contribution is -2.16. The minimum absolute atomic E-state index is 0.119. The quantitative estimate of drug-likeness (QED) is 0.308. The number of carbonyl (C=O) groups is 2. The van der Waals surface area contributed by atoms with E-state index in [4.69, 9.17) is 9.84 Å². The van der Waals surface area contributed by atoms with Crippen LogP contribution in [-0.4, -0.2) is 28.4 Å².